The van der Waals surface area contributed by atoms with Gasteiger partial charge in [-0.3, -0.25) is 4.79 Å². The van der Waals surface area contributed by atoms with Crippen molar-refractivity contribution in [3.05, 3.63) is 11.6 Å². The van der Waals surface area contributed by atoms with Gasteiger partial charge in [0.15, 0.2) is 5.78 Å². The van der Waals surface area contributed by atoms with Gasteiger partial charge in [0.05, 0.1) is 6.10 Å². The summed E-state index contributed by atoms with van der Waals surface area (Å²) < 4.78 is 0. The number of carbonyl (C=O) groups excluding carboxylic acids is 1. The van der Waals surface area contributed by atoms with E-state index >= 15 is 0 Å². The summed E-state index contributed by atoms with van der Waals surface area (Å²) in [5.74, 6) is 0.525. The molecule has 1 aliphatic carbocycles. The van der Waals surface area contributed by atoms with Gasteiger partial charge < -0.3 is 5.11 Å². The number of ketones is 1. The lowest BCUT2D eigenvalue weighted by Crippen LogP contribution is -2.23. The molecule has 0 aliphatic heterocycles. The van der Waals surface area contributed by atoms with Gasteiger partial charge in [-0.15, -0.1) is 0 Å². The lowest BCUT2D eigenvalue weighted by molar-refractivity contribution is -0.112. The molecule has 0 heterocycles. The fourth-order valence-corrected chi connectivity index (χ4v) is 2.42. The second-order valence-corrected chi connectivity index (χ2v) is 4.77. The predicted octanol–water partition coefficient (Wildman–Crippen LogP) is 2.85. The van der Waals surface area contributed by atoms with Crippen LogP contribution in [0.15, 0.2) is 11.6 Å². The van der Waals surface area contributed by atoms with Gasteiger partial charge in [-0.1, -0.05) is 24.8 Å². The predicted molar refractivity (Wildman–Crippen MR) is 61.6 cm³/mol. The molecule has 1 atom stereocenters. The molecular weight excluding hydrogens is 188 g/mol. The van der Waals surface area contributed by atoms with Crippen LogP contribution in [0.2, 0.25) is 0 Å². The van der Waals surface area contributed by atoms with Gasteiger partial charge in [-0.05, 0) is 45.1 Å². The molecule has 86 valence electrons. The Labute approximate surface area is 92.4 Å². The number of hydrogen-bond donors (Lipinski definition) is 1. The Kier molecular flexibility index (Phi) is 5.03. The quantitative estimate of drug-likeness (QED) is 0.724. The first-order chi connectivity index (χ1) is 7.09. The molecular formula is C13H22O2. The third kappa shape index (κ3) is 4.61. The zero-order valence-corrected chi connectivity index (χ0v) is 9.83. The molecule has 15 heavy (non-hydrogen) atoms. The minimum atomic E-state index is -0.249. The maximum absolute atomic E-state index is 10.9. The lowest BCUT2D eigenvalue weighted by Gasteiger charge is -2.26. The molecule has 1 N–H and O–H groups in total. The summed E-state index contributed by atoms with van der Waals surface area (Å²) in [7, 11) is 0. The molecule has 1 unspecified atom stereocenters. The van der Waals surface area contributed by atoms with Crippen molar-refractivity contribution in [1.29, 1.82) is 0 Å². The summed E-state index contributed by atoms with van der Waals surface area (Å²) in [4.78, 5) is 10.9. The molecule has 2 heteroatoms. The molecule has 0 aromatic rings. The topological polar surface area (TPSA) is 37.3 Å². The first-order valence-electron chi connectivity index (χ1n) is 5.95. The van der Waals surface area contributed by atoms with Gasteiger partial charge in [0.1, 0.15) is 0 Å². The summed E-state index contributed by atoms with van der Waals surface area (Å²) in [6.45, 7) is 3.48. The molecule has 0 amide bonds. The molecule has 1 rings (SSSR count). The molecule has 0 radical (unpaired) electrons. The second kappa shape index (κ2) is 6.06. The van der Waals surface area contributed by atoms with Crippen LogP contribution in [0.3, 0.4) is 0 Å². The van der Waals surface area contributed by atoms with E-state index in [0.717, 1.165) is 18.4 Å². The molecule has 0 aromatic heterocycles. The smallest absolute Gasteiger partial charge is 0.152 e. The van der Waals surface area contributed by atoms with Crippen molar-refractivity contribution in [2.24, 2.45) is 5.92 Å². The minimum Gasteiger partial charge on any atom is -0.393 e. The van der Waals surface area contributed by atoms with E-state index in [9.17, 15) is 9.90 Å². The fraction of sp³-hybridized carbons (Fsp3) is 0.769. The van der Waals surface area contributed by atoms with E-state index in [2.05, 4.69) is 0 Å². The van der Waals surface area contributed by atoms with Gasteiger partial charge in [-0.25, -0.2) is 0 Å². The number of rotatable bonds is 4. The van der Waals surface area contributed by atoms with E-state index in [0.29, 0.717) is 12.3 Å². The third-order valence-electron chi connectivity index (χ3n) is 3.17. The number of aliphatic hydroxyl groups excluding tert-OH is 1. The van der Waals surface area contributed by atoms with Crippen LogP contribution in [-0.4, -0.2) is 17.0 Å². The molecule has 2 nitrogen and oxygen atoms in total. The molecule has 1 aliphatic rings. The third-order valence-corrected chi connectivity index (χ3v) is 3.17. The molecule has 1 saturated carbocycles. The van der Waals surface area contributed by atoms with Gasteiger partial charge >= 0.3 is 0 Å². The zero-order valence-electron chi connectivity index (χ0n) is 9.83. The Bertz CT molecular complexity index is 237. The van der Waals surface area contributed by atoms with Crippen molar-refractivity contribution in [1.82, 2.24) is 0 Å². The van der Waals surface area contributed by atoms with E-state index in [4.69, 9.17) is 0 Å². The van der Waals surface area contributed by atoms with Crippen molar-refractivity contribution in [2.75, 3.05) is 0 Å². The van der Waals surface area contributed by atoms with E-state index in [-0.39, 0.29) is 11.9 Å². The van der Waals surface area contributed by atoms with Crippen LogP contribution in [0.25, 0.3) is 0 Å². The normalized spacial score (nSPS) is 21.4. The van der Waals surface area contributed by atoms with Crippen molar-refractivity contribution in [3.63, 3.8) is 0 Å². The minimum absolute atomic E-state index is 0.0725. The summed E-state index contributed by atoms with van der Waals surface area (Å²) in [6, 6.07) is 0. The molecule has 1 fully saturated rings. The second-order valence-electron chi connectivity index (χ2n) is 4.77. The van der Waals surface area contributed by atoms with Crippen LogP contribution in [0, 0.1) is 5.92 Å². The summed E-state index contributed by atoms with van der Waals surface area (Å²) >= 11 is 0. The van der Waals surface area contributed by atoms with E-state index in [1.165, 1.54) is 19.3 Å². The Morgan fingerprint density at radius 2 is 1.93 bits per heavy atom. The van der Waals surface area contributed by atoms with Crippen LogP contribution >= 0.6 is 0 Å². The van der Waals surface area contributed by atoms with E-state index in [1.54, 1.807) is 13.0 Å². The van der Waals surface area contributed by atoms with Gasteiger partial charge in [0.2, 0.25) is 0 Å². The SMILES string of the molecule is CC(=O)/C=C(\C)CC(O)C1CCCCC1. The Hall–Kier alpha value is -0.630. The van der Waals surface area contributed by atoms with Crippen LogP contribution in [0.4, 0.5) is 0 Å². The largest absolute Gasteiger partial charge is 0.393 e. The summed E-state index contributed by atoms with van der Waals surface area (Å²) in [6.07, 6.45) is 8.14. The highest BCUT2D eigenvalue weighted by molar-refractivity contribution is 5.87. The Morgan fingerprint density at radius 3 is 2.47 bits per heavy atom. The first-order valence-corrected chi connectivity index (χ1v) is 5.95. The highest BCUT2D eigenvalue weighted by Gasteiger charge is 2.21. The average Bonchev–Trinajstić information content (AvgIpc) is 2.17. The van der Waals surface area contributed by atoms with Crippen LogP contribution in [-0.2, 0) is 4.79 Å². The van der Waals surface area contributed by atoms with Crippen LogP contribution < -0.4 is 0 Å². The molecule has 0 bridgehead atoms. The lowest BCUT2D eigenvalue weighted by atomic mass is 9.83. The summed E-state index contributed by atoms with van der Waals surface area (Å²) in [5.41, 5.74) is 1.00. The average molecular weight is 210 g/mol. The van der Waals surface area contributed by atoms with E-state index < -0.39 is 0 Å². The molecule has 0 spiro atoms. The highest BCUT2D eigenvalue weighted by Crippen LogP contribution is 2.28. The van der Waals surface area contributed by atoms with Crippen molar-refractivity contribution in [2.45, 2.75) is 58.5 Å². The zero-order chi connectivity index (χ0) is 11.3. The Morgan fingerprint density at radius 1 is 1.33 bits per heavy atom. The fourth-order valence-electron chi connectivity index (χ4n) is 2.42. The van der Waals surface area contributed by atoms with Gasteiger partial charge in [0, 0.05) is 0 Å². The number of allylic oxidation sites excluding steroid dienone is 1. The maximum Gasteiger partial charge on any atom is 0.152 e. The number of carbonyl (C=O) groups is 1. The van der Waals surface area contributed by atoms with Crippen LogP contribution in [0.5, 0.6) is 0 Å². The molecule has 0 aromatic carbocycles. The Balaban J connectivity index is 2.39. The number of aliphatic hydroxyl groups is 1. The van der Waals surface area contributed by atoms with Crippen molar-refractivity contribution >= 4 is 5.78 Å². The van der Waals surface area contributed by atoms with Crippen molar-refractivity contribution in [3.8, 4) is 0 Å². The highest BCUT2D eigenvalue weighted by atomic mass is 16.3. The van der Waals surface area contributed by atoms with Crippen LogP contribution in [0.1, 0.15) is 52.4 Å². The van der Waals surface area contributed by atoms with Crippen molar-refractivity contribution < 1.29 is 9.90 Å². The number of hydrogen-bond acceptors (Lipinski definition) is 2. The summed E-state index contributed by atoms with van der Waals surface area (Å²) in [5, 5.41) is 10.0. The monoisotopic (exact) mass is 210 g/mol. The van der Waals surface area contributed by atoms with E-state index in [1.807, 2.05) is 6.92 Å². The standard InChI is InChI=1S/C13H22O2/c1-10(8-11(2)14)9-13(15)12-6-4-3-5-7-12/h8,12-13,15H,3-7,9H2,1-2H3/b10-8+. The maximum atomic E-state index is 10.9. The first kappa shape index (κ1) is 12.4. The van der Waals surface area contributed by atoms with Gasteiger partial charge in [0.25, 0.3) is 0 Å². The van der Waals surface area contributed by atoms with Gasteiger partial charge in [-0.2, -0.15) is 0 Å². The molecule has 0 saturated heterocycles.